The average Bonchev–Trinajstić information content (AvgIpc) is 2.59. The third-order valence-corrected chi connectivity index (χ3v) is 4.01. The van der Waals surface area contributed by atoms with E-state index >= 15 is 0 Å². The molecule has 0 aliphatic heterocycles. The minimum absolute atomic E-state index is 0.787. The molecule has 0 fully saturated rings. The number of rotatable bonds is 14. The van der Waals surface area contributed by atoms with E-state index in [4.69, 9.17) is 4.74 Å². The van der Waals surface area contributed by atoms with Gasteiger partial charge < -0.3 is 4.74 Å². The van der Waals surface area contributed by atoms with Gasteiger partial charge in [0, 0.05) is 0 Å². The molecule has 2 heteroatoms. The number of benzene rings is 1. The minimum atomic E-state index is 0.787. The highest BCUT2D eigenvalue weighted by Crippen LogP contribution is 2.14. The van der Waals surface area contributed by atoms with Crippen molar-refractivity contribution < 1.29 is 9.53 Å². The molecule has 0 bridgehead atoms. The molecule has 0 heterocycles. The molecule has 0 aliphatic carbocycles. The molecule has 2 nitrogen and oxygen atoms in total. The maximum atomic E-state index is 10.3. The van der Waals surface area contributed by atoms with Crippen LogP contribution in [0.4, 0.5) is 0 Å². The van der Waals surface area contributed by atoms with Crippen LogP contribution in [-0.2, 0) is 4.79 Å². The Morgan fingerprint density at radius 1 is 0.826 bits per heavy atom. The molecular weight excluding hydrogens is 284 g/mol. The SMILES string of the molecule is CCCCCCCCCCCCOc1ccc(C=CC=O)cc1. The van der Waals surface area contributed by atoms with Crippen molar-refractivity contribution in [1.29, 1.82) is 0 Å². The maximum absolute atomic E-state index is 10.3. The molecule has 0 spiro atoms. The van der Waals surface area contributed by atoms with Crippen LogP contribution >= 0.6 is 0 Å². The zero-order valence-electron chi connectivity index (χ0n) is 14.6. The summed E-state index contributed by atoms with van der Waals surface area (Å²) >= 11 is 0. The second kappa shape index (κ2) is 14.0. The van der Waals surface area contributed by atoms with Crippen molar-refractivity contribution in [3.05, 3.63) is 35.9 Å². The van der Waals surface area contributed by atoms with Crippen LogP contribution in [0, 0.1) is 0 Å². The summed E-state index contributed by atoms with van der Waals surface area (Å²) in [6.07, 6.45) is 17.5. The number of carbonyl (C=O) groups is 1. The lowest BCUT2D eigenvalue weighted by Gasteiger charge is -2.06. The normalized spacial score (nSPS) is 11.0. The molecule has 23 heavy (non-hydrogen) atoms. The van der Waals surface area contributed by atoms with Crippen LogP contribution in [-0.4, -0.2) is 12.9 Å². The van der Waals surface area contributed by atoms with Crippen LogP contribution in [0.1, 0.15) is 76.7 Å². The van der Waals surface area contributed by atoms with Gasteiger partial charge in [-0.25, -0.2) is 0 Å². The molecule has 0 amide bonds. The lowest BCUT2D eigenvalue weighted by Crippen LogP contribution is -1.97. The monoisotopic (exact) mass is 316 g/mol. The van der Waals surface area contributed by atoms with Gasteiger partial charge in [0.15, 0.2) is 0 Å². The molecule has 1 rings (SSSR count). The Bertz CT molecular complexity index is 420. The van der Waals surface area contributed by atoms with Crippen molar-refractivity contribution in [1.82, 2.24) is 0 Å². The molecule has 0 aromatic heterocycles. The fraction of sp³-hybridized carbons (Fsp3) is 0.571. The van der Waals surface area contributed by atoms with Crippen molar-refractivity contribution in [2.24, 2.45) is 0 Å². The van der Waals surface area contributed by atoms with Crippen molar-refractivity contribution >= 4 is 12.4 Å². The molecule has 0 atom stereocenters. The maximum Gasteiger partial charge on any atom is 0.142 e. The van der Waals surface area contributed by atoms with Crippen LogP contribution in [0.2, 0.25) is 0 Å². The first kappa shape index (κ1) is 19.5. The highest BCUT2D eigenvalue weighted by Gasteiger charge is 1.95. The van der Waals surface area contributed by atoms with E-state index in [1.807, 2.05) is 24.3 Å². The minimum Gasteiger partial charge on any atom is -0.494 e. The Morgan fingerprint density at radius 2 is 1.39 bits per heavy atom. The second-order valence-electron chi connectivity index (χ2n) is 6.09. The highest BCUT2D eigenvalue weighted by molar-refractivity contribution is 5.73. The number of carbonyl (C=O) groups excluding carboxylic acids is 1. The molecule has 0 saturated heterocycles. The molecule has 0 aliphatic rings. The first-order valence-corrected chi connectivity index (χ1v) is 9.21. The highest BCUT2D eigenvalue weighted by atomic mass is 16.5. The lowest BCUT2D eigenvalue weighted by atomic mass is 10.1. The summed E-state index contributed by atoms with van der Waals surface area (Å²) in [6, 6.07) is 7.85. The van der Waals surface area contributed by atoms with Gasteiger partial charge in [0.2, 0.25) is 0 Å². The molecule has 128 valence electrons. The topological polar surface area (TPSA) is 26.3 Å². The molecule has 0 radical (unpaired) electrons. The lowest BCUT2D eigenvalue weighted by molar-refractivity contribution is -0.104. The molecule has 0 unspecified atom stereocenters. The Hall–Kier alpha value is -1.57. The van der Waals surface area contributed by atoms with Gasteiger partial charge in [0.1, 0.15) is 12.0 Å². The van der Waals surface area contributed by atoms with Crippen LogP contribution in [0.15, 0.2) is 30.3 Å². The quantitative estimate of drug-likeness (QED) is 0.232. The van der Waals surface area contributed by atoms with Gasteiger partial charge in [-0.3, -0.25) is 4.79 Å². The van der Waals surface area contributed by atoms with E-state index in [9.17, 15) is 4.79 Å². The summed E-state index contributed by atoms with van der Waals surface area (Å²) in [5, 5.41) is 0. The predicted octanol–water partition coefficient (Wildman–Crippen LogP) is 6.20. The van der Waals surface area contributed by atoms with Crippen LogP contribution in [0.3, 0.4) is 0 Å². The number of allylic oxidation sites excluding steroid dienone is 1. The summed E-state index contributed by atoms with van der Waals surface area (Å²) in [7, 11) is 0. The van der Waals surface area contributed by atoms with E-state index in [-0.39, 0.29) is 0 Å². The second-order valence-corrected chi connectivity index (χ2v) is 6.09. The smallest absolute Gasteiger partial charge is 0.142 e. The fourth-order valence-corrected chi connectivity index (χ4v) is 2.61. The van der Waals surface area contributed by atoms with E-state index in [1.165, 1.54) is 63.9 Å². The van der Waals surface area contributed by atoms with E-state index in [0.717, 1.165) is 30.6 Å². The van der Waals surface area contributed by atoms with Crippen molar-refractivity contribution in [3.63, 3.8) is 0 Å². The first-order valence-electron chi connectivity index (χ1n) is 9.21. The van der Waals surface area contributed by atoms with E-state index in [0.29, 0.717) is 0 Å². The van der Waals surface area contributed by atoms with Crippen LogP contribution in [0.5, 0.6) is 5.75 Å². The van der Waals surface area contributed by atoms with E-state index in [2.05, 4.69) is 6.92 Å². The Balaban J connectivity index is 1.96. The third kappa shape index (κ3) is 10.7. The Kier molecular flexibility index (Phi) is 11.9. The summed E-state index contributed by atoms with van der Waals surface area (Å²) in [4.78, 5) is 10.3. The number of hydrogen-bond donors (Lipinski definition) is 0. The Morgan fingerprint density at radius 3 is 1.96 bits per heavy atom. The Labute approximate surface area is 141 Å². The molecule has 1 aromatic rings. The zero-order valence-corrected chi connectivity index (χ0v) is 14.6. The summed E-state index contributed by atoms with van der Waals surface area (Å²) < 4.78 is 5.74. The molecule has 0 N–H and O–H groups in total. The van der Waals surface area contributed by atoms with Gasteiger partial charge in [0.05, 0.1) is 6.61 Å². The van der Waals surface area contributed by atoms with Gasteiger partial charge in [-0.05, 0) is 30.2 Å². The van der Waals surface area contributed by atoms with Gasteiger partial charge in [-0.2, -0.15) is 0 Å². The van der Waals surface area contributed by atoms with Crippen LogP contribution < -0.4 is 4.74 Å². The van der Waals surface area contributed by atoms with Crippen molar-refractivity contribution in [2.75, 3.05) is 6.61 Å². The molecule has 1 aromatic carbocycles. The zero-order chi connectivity index (χ0) is 16.6. The summed E-state index contributed by atoms with van der Waals surface area (Å²) in [5.74, 6) is 0.907. The first-order chi connectivity index (χ1) is 11.4. The average molecular weight is 316 g/mol. The van der Waals surface area contributed by atoms with Gasteiger partial charge in [-0.15, -0.1) is 0 Å². The van der Waals surface area contributed by atoms with Gasteiger partial charge >= 0.3 is 0 Å². The number of aldehydes is 1. The predicted molar refractivity (Wildman–Crippen MR) is 98.9 cm³/mol. The third-order valence-electron chi connectivity index (χ3n) is 4.01. The largest absolute Gasteiger partial charge is 0.494 e. The summed E-state index contributed by atoms with van der Waals surface area (Å²) in [6.45, 7) is 3.06. The van der Waals surface area contributed by atoms with E-state index in [1.54, 1.807) is 6.08 Å². The van der Waals surface area contributed by atoms with E-state index < -0.39 is 0 Å². The van der Waals surface area contributed by atoms with Crippen molar-refractivity contribution in [3.8, 4) is 5.75 Å². The summed E-state index contributed by atoms with van der Waals surface area (Å²) in [5.41, 5.74) is 1.02. The standard InChI is InChI=1S/C21H32O2/c1-2-3-4-5-6-7-8-9-10-11-19-23-21-16-14-20(15-17-21)13-12-18-22/h12-18H,2-11,19H2,1H3. The van der Waals surface area contributed by atoms with Crippen LogP contribution in [0.25, 0.3) is 6.08 Å². The number of ether oxygens (including phenoxy) is 1. The molecular formula is C21H32O2. The number of unbranched alkanes of at least 4 members (excludes halogenated alkanes) is 9. The van der Waals surface area contributed by atoms with Gasteiger partial charge in [-0.1, -0.05) is 82.9 Å². The number of hydrogen-bond acceptors (Lipinski definition) is 2. The fourth-order valence-electron chi connectivity index (χ4n) is 2.61. The van der Waals surface area contributed by atoms with Crippen molar-refractivity contribution in [2.45, 2.75) is 71.1 Å². The van der Waals surface area contributed by atoms with Gasteiger partial charge in [0.25, 0.3) is 0 Å². The molecule has 0 saturated carbocycles.